The first kappa shape index (κ1) is 25.0. The molecular weight excluding hydrogens is 471 g/mol. The highest BCUT2D eigenvalue weighted by molar-refractivity contribution is 14.0. The molecule has 0 radical (unpaired) electrons. The number of hydrogen-bond donors (Lipinski definition) is 2. The van der Waals surface area contributed by atoms with Gasteiger partial charge in [-0.2, -0.15) is 5.10 Å². The van der Waals surface area contributed by atoms with Crippen LogP contribution in [0.3, 0.4) is 0 Å². The van der Waals surface area contributed by atoms with Gasteiger partial charge in [-0.15, -0.1) is 24.0 Å². The number of nitrogens with zero attached hydrogens (tertiary/aromatic N) is 4. The van der Waals surface area contributed by atoms with Crippen LogP contribution in [0.25, 0.3) is 0 Å². The van der Waals surface area contributed by atoms with Crippen molar-refractivity contribution in [3.8, 4) is 0 Å². The summed E-state index contributed by atoms with van der Waals surface area (Å²) in [5.41, 5.74) is 1.18. The highest BCUT2D eigenvalue weighted by Crippen LogP contribution is 2.18. The largest absolute Gasteiger partial charge is 0.379 e. The third-order valence-corrected chi connectivity index (χ3v) is 4.60. The topological polar surface area (TPSA) is 75.9 Å². The van der Waals surface area contributed by atoms with Crippen LogP contribution in [-0.2, 0) is 16.5 Å². The first-order chi connectivity index (χ1) is 13.2. The zero-order chi connectivity index (χ0) is 19.3. The molecule has 1 atom stereocenters. The first-order valence-electron chi connectivity index (χ1n) is 10.1. The summed E-state index contributed by atoms with van der Waals surface area (Å²) in [4.78, 5) is 6.71. The number of ether oxygens (including phenoxy) is 2. The van der Waals surface area contributed by atoms with Crippen molar-refractivity contribution in [1.29, 1.82) is 0 Å². The lowest BCUT2D eigenvalue weighted by molar-refractivity contribution is 0.0487. The average molecular weight is 508 g/mol. The van der Waals surface area contributed by atoms with E-state index in [4.69, 9.17) is 9.47 Å². The van der Waals surface area contributed by atoms with Crippen LogP contribution < -0.4 is 15.5 Å². The van der Waals surface area contributed by atoms with Gasteiger partial charge in [0.1, 0.15) is 0 Å². The number of halogens is 1. The molecule has 8 nitrogen and oxygen atoms in total. The fraction of sp³-hybridized carbons (Fsp3) is 0.789. The number of guanidine groups is 1. The zero-order valence-corrected chi connectivity index (χ0v) is 19.9. The fourth-order valence-corrected chi connectivity index (χ4v) is 3.10. The van der Waals surface area contributed by atoms with E-state index in [-0.39, 0.29) is 24.0 Å². The maximum Gasteiger partial charge on any atom is 0.191 e. The number of aryl methyl sites for hydroxylation is 1. The number of hydrogen-bond acceptors (Lipinski definition) is 5. The molecule has 0 bridgehead atoms. The average Bonchev–Trinajstić information content (AvgIpc) is 3.12. The second-order valence-corrected chi connectivity index (χ2v) is 6.88. The maximum absolute atomic E-state index is 5.59. The van der Waals surface area contributed by atoms with Gasteiger partial charge in [-0.05, 0) is 19.3 Å². The van der Waals surface area contributed by atoms with Crippen molar-refractivity contribution < 1.29 is 9.47 Å². The zero-order valence-electron chi connectivity index (χ0n) is 17.5. The van der Waals surface area contributed by atoms with E-state index in [1.807, 2.05) is 17.9 Å². The summed E-state index contributed by atoms with van der Waals surface area (Å²) in [7, 11) is 3.76. The molecule has 1 aliphatic heterocycles. The summed E-state index contributed by atoms with van der Waals surface area (Å²) < 4.78 is 12.9. The van der Waals surface area contributed by atoms with E-state index in [0.29, 0.717) is 25.9 Å². The molecule has 1 aromatic rings. The Hall–Kier alpha value is -1.07. The number of nitrogens with one attached hydrogen (secondary N) is 2. The molecule has 2 heterocycles. The summed E-state index contributed by atoms with van der Waals surface area (Å²) in [6, 6.07) is 0.373. The van der Waals surface area contributed by atoms with Crippen molar-refractivity contribution in [3.05, 3.63) is 12.4 Å². The standard InChI is InChI=1S/C19H36N6O2.HI/c1-4-5-10-26-12-13-27-11-8-21-19(20-2)23-17-7-6-9-25(15-17)18-14-22-24(3)16-18;/h14,16-17H,4-13,15H2,1-3H3,(H2,20,21,23);1H. The van der Waals surface area contributed by atoms with Gasteiger partial charge in [0.2, 0.25) is 0 Å². The van der Waals surface area contributed by atoms with Crippen LogP contribution in [-0.4, -0.2) is 74.9 Å². The molecule has 9 heteroatoms. The molecule has 1 aliphatic rings. The van der Waals surface area contributed by atoms with Crippen molar-refractivity contribution in [2.24, 2.45) is 12.0 Å². The Kier molecular flexibility index (Phi) is 13.3. The molecule has 1 fully saturated rings. The van der Waals surface area contributed by atoms with Gasteiger partial charge in [0, 0.05) is 52.6 Å². The molecule has 1 aromatic heterocycles. The van der Waals surface area contributed by atoms with Crippen LogP contribution in [0.15, 0.2) is 17.4 Å². The lowest BCUT2D eigenvalue weighted by Crippen LogP contribution is -2.51. The molecule has 162 valence electrons. The van der Waals surface area contributed by atoms with E-state index < -0.39 is 0 Å². The Morgan fingerprint density at radius 3 is 2.75 bits per heavy atom. The van der Waals surface area contributed by atoms with Crippen LogP contribution >= 0.6 is 24.0 Å². The van der Waals surface area contributed by atoms with Crippen molar-refractivity contribution in [3.63, 3.8) is 0 Å². The lowest BCUT2D eigenvalue weighted by atomic mass is 10.1. The molecule has 1 unspecified atom stereocenters. The summed E-state index contributed by atoms with van der Waals surface area (Å²) in [6.45, 7) is 7.70. The van der Waals surface area contributed by atoms with Crippen molar-refractivity contribution in [1.82, 2.24) is 20.4 Å². The SMILES string of the molecule is CCCCOCCOCCNC(=NC)NC1CCCN(c2cnn(C)c2)C1.I. The number of aromatic nitrogens is 2. The van der Waals surface area contributed by atoms with Crippen LogP contribution in [0.1, 0.15) is 32.6 Å². The summed E-state index contributed by atoms with van der Waals surface area (Å²) in [5, 5.41) is 11.1. The number of rotatable bonds is 11. The van der Waals surface area contributed by atoms with Crippen LogP contribution in [0.5, 0.6) is 0 Å². The number of aliphatic imine (C=N–C) groups is 1. The number of anilines is 1. The quantitative estimate of drug-likeness (QED) is 0.206. The maximum atomic E-state index is 5.59. The highest BCUT2D eigenvalue weighted by atomic mass is 127. The molecule has 0 saturated carbocycles. The second-order valence-electron chi connectivity index (χ2n) is 6.88. The van der Waals surface area contributed by atoms with Crippen LogP contribution in [0, 0.1) is 0 Å². The van der Waals surface area contributed by atoms with Crippen molar-refractivity contribution >= 4 is 35.6 Å². The fourth-order valence-electron chi connectivity index (χ4n) is 3.10. The van der Waals surface area contributed by atoms with Gasteiger partial charge in [0.25, 0.3) is 0 Å². The van der Waals surface area contributed by atoms with Crippen LogP contribution in [0.4, 0.5) is 5.69 Å². The number of unbranched alkanes of at least 4 members (excludes halogenated alkanes) is 1. The van der Waals surface area contributed by atoms with Gasteiger partial charge in [0.15, 0.2) is 5.96 Å². The third kappa shape index (κ3) is 9.42. The summed E-state index contributed by atoms with van der Waals surface area (Å²) in [5.74, 6) is 0.829. The normalized spacial score (nSPS) is 17.3. The molecule has 0 amide bonds. The van der Waals surface area contributed by atoms with Crippen LogP contribution in [0.2, 0.25) is 0 Å². The van der Waals surface area contributed by atoms with E-state index in [1.165, 1.54) is 5.69 Å². The van der Waals surface area contributed by atoms with Gasteiger partial charge in [0.05, 0.1) is 31.7 Å². The molecule has 0 aromatic carbocycles. The molecule has 1 saturated heterocycles. The van der Waals surface area contributed by atoms with E-state index in [0.717, 1.165) is 57.9 Å². The Balaban J connectivity index is 0.00000392. The lowest BCUT2D eigenvalue weighted by Gasteiger charge is -2.34. The second kappa shape index (κ2) is 14.9. The predicted molar refractivity (Wildman–Crippen MR) is 125 cm³/mol. The monoisotopic (exact) mass is 508 g/mol. The van der Waals surface area contributed by atoms with E-state index in [9.17, 15) is 0 Å². The molecule has 0 aliphatic carbocycles. The minimum Gasteiger partial charge on any atom is -0.379 e. The summed E-state index contributed by atoms with van der Waals surface area (Å²) in [6.07, 6.45) is 8.58. The predicted octanol–water partition coefficient (Wildman–Crippen LogP) is 2.01. The van der Waals surface area contributed by atoms with Gasteiger partial charge in [-0.1, -0.05) is 13.3 Å². The third-order valence-electron chi connectivity index (χ3n) is 4.60. The Morgan fingerprint density at radius 1 is 1.29 bits per heavy atom. The molecule has 2 N–H and O–H groups in total. The van der Waals surface area contributed by atoms with Crippen molar-refractivity contribution in [2.75, 3.05) is 58.0 Å². The van der Waals surface area contributed by atoms with E-state index >= 15 is 0 Å². The van der Waals surface area contributed by atoms with Gasteiger partial charge in [-0.3, -0.25) is 9.67 Å². The highest BCUT2D eigenvalue weighted by Gasteiger charge is 2.21. The molecule has 2 rings (SSSR count). The Morgan fingerprint density at radius 2 is 2.07 bits per heavy atom. The van der Waals surface area contributed by atoms with Gasteiger partial charge >= 0.3 is 0 Å². The number of piperidine rings is 1. The van der Waals surface area contributed by atoms with Gasteiger partial charge in [-0.25, -0.2) is 0 Å². The van der Waals surface area contributed by atoms with Crippen molar-refractivity contribution in [2.45, 2.75) is 38.6 Å². The smallest absolute Gasteiger partial charge is 0.191 e. The minimum atomic E-state index is 0. The first-order valence-corrected chi connectivity index (χ1v) is 10.1. The van der Waals surface area contributed by atoms with E-state index in [2.05, 4.69) is 38.7 Å². The molecule has 0 spiro atoms. The molecule has 28 heavy (non-hydrogen) atoms. The Bertz CT molecular complexity index is 554. The minimum absolute atomic E-state index is 0. The molecular formula is C19H37IN6O2. The van der Waals surface area contributed by atoms with Gasteiger partial charge < -0.3 is 25.0 Å². The summed E-state index contributed by atoms with van der Waals surface area (Å²) >= 11 is 0. The Labute approximate surface area is 186 Å². The van der Waals surface area contributed by atoms with E-state index in [1.54, 1.807) is 7.05 Å².